The summed E-state index contributed by atoms with van der Waals surface area (Å²) in [5.74, 6) is 3.32. The number of rotatable bonds is 10. The fourth-order valence-corrected chi connectivity index (χ4v) is 4.41. The first-order valence-electron chi connectivity index (χ1n) is 11.5. The van der Waals surface area contributed by atoms with Crippen molar-refractivity contribution in [1.82, 2.24) is 14.9 Å². The maximum Gasteiger partial charge on any atom is 0.160 e. The van der Waals surface area contributed by atoms with Crippen LogP contribution in [0.2, 0.25) is 0 Å². The molecule has 0 bridgehead atoms. The van der Waals surface area contributed by atoms with Crippen LogP contribution in [0.1, 0.15) is 24.8 Å². The minimum Gasteiger partial charge on any atom is -0.493 e. The van der Waals surface area contributed by atoms with Crippen LogP contribution >= 0.6 is 0 Å². The van der Waals surface area contributed by atoms with Gasteiger partial charge in [0, 0.05) is 36.7 Å². The summed E-state index contributed by atoms with van der Waals surface area (Å²) in [4.78, 5) is 10.0. The number of methoxy groups -OCH3 is 2. The molecule has 1 aliphatic heterocycles. The number of hydrogen-bond donors (Lipinski definition) is 2. The number of benzene rings is 2. The van der Waals surface area contributed by atoms with Crippen LogP contribution in [0.4, 0.5) is 5.69 Å². The molecule has 1 saturated heterocycles. The normalized spacial score (nSPS) is 14.9. The number of ether oxygens (including phenoxy) is 2. The molecule has 2 heterocycles. The van der Waals surface area contributed by atoms with Gasteiger partial charge < -0.3 is 24.7 Å². The minimum atomic E-state index is 0.791. The smallest absolute Gasteiger partial charge is 0.160 e. The lowest BCUT2D eigenvalue weighted by Gasteiger charge is -2.32. The zero-order chi connectivity index (χ0) is 22.2. The Bertz CT molecular complexity index is 948. The van der Waals surface area contributed by atoms with Crippen LogP contribution in [0.15, 0.2) is 54.9 Å². The van der Waals surface area contributed by atoms with Gasteiger partial charge in [-0.3, -0.25) is 0 Å². The van der Waals surface area contributed by atoms with Gasteiger partial charge in [0.15, 0.2) is 11.5 Å². The largest absolute Gasteiger partial charge is 0.493 e. The van der Waals surface area contributed by atoms with Crippen LogP contribution in [0.3, 0.4) is 0 Å². The molecule has 6 nitrogen and oxygen atoms in total. The van der Waals surface area contributed by atoms with Gasteiger partial charge in [-0.05, 0) is 86.7 Å². The van der Waals surface area contributed by atoms with E-state index in [2.05, 4.69) is 56.6 Å². The molecule has 2 N–H and O–H groups in total. The summed E-state index contributed by atoms with van der Waals surface area (Å²) in [6.45, 7) is 4.50. The summed E-state index contributed by atoms with van der Waals surface area (Å²) >= 11 is 0. The zero-order valence-electron chi connectivity index (χ0n) is 19.1. The number of aromatic nitrogens is 2. The number of nitrogens with one attached hydrogen (secondary N) is 2. The molecule has 1 aromatic heterocycles. The van der Waals surface area contributed by atoms with Gasteiger partial charge in [-0.25, -0.2) is 4.98 Å². The van der Waals surface area contributed by atoms with Gasteiger partial charge in [-0.1, -0.05) is 6.07 Å². The quantitative estimate of drug-likeness (QED) is 0.478. The van der Waals surface area contributed by atoms with Crippen LogP contribution in [-0.2, 0) is 6.42 Å². The maximum absolute atomic E-state index is 5.43. The molecule has 0 aliphatic carbocycles. The Labute approximate surface area is 191 Å². The second-order valence-corrected chi connectivity index (χ2v) is 8.45. The predicted octanol–water partition coefficient (Wildman–Crippen LogP) is 4.85. The SMILES string of the molecule is COc1ccc(CCN2CCC(CCNc3ccc(-c4ncc[nH]4)cc3)CC2)cc1OC. The first-order valence-corrected chi connectivity index (χ1v) is 11.5. The van der Waals surface area contributed by atoms with Crippen molar-refractivity contribution in [3.63, 3.8) is 0 Å². The van der Waals surface area contributed by atoms with E-state index in [0.29, 0.717) is 0 Å². The number of piperidine rings is 1. The number of likely N-dealkylation sites (tertiary alicyclic amines) is 1. The fraction of sp³-hybridized carbons (Fsp3) is 0.423. The highest BCUT2D eigenvalue weighted by atomic mass is 16.5. The van der Waals surface area contributed by atoms with E-state index in [-0.39, 0.29) is 0 Å². The third kappa shape index (κ3) is 5.82. The lowest BCUT2D eigenvalue weighted by Crippen LogP contribution is -2.35. The van der Waals surface area contributed by atoms with Crippen LogP contribution in [0.25, 0.3) is 11.4 Å². The molecular formula is C26H34N4O2. The van der Waals surface area contributed by atoms with Gasteiger partial charge in [-0.15, -0.1) is 0 Å². The molecular weight excluding hydrogens is 400 g/mol. The Kier molecular flexibility index (Phi) is 7.67. The number of H-pyrrole nitrogens is 1. The van der Waals surface area contributed by atoms with E-state index in [4.69, 9.17) is 9.47 Å². The molecule has 4 rings (SSSR count). The van der Waals surface area contributed by atoms with Gasteiger partial charge in [0.2, 0.25) is 0 Å². The fourth-order valence-electron chi connectivity index (χ4n) is 4.41. The Morgan fingerprint density at radius 1 is 1.03 bits per heavy atom. The van der Waals surface area contributed by atoms with Crippen molar-refractivity contribution in [3.05, 3.63) is 60.4 Å². The van der Waals surface area contributed by atoms with E-state index in [1.807, 2.05) is 12.3 Å². The predicted molar refractivity (Wildman–Crippen MR) is 130 cm³/mol. The summed E-state index contributed by atoms with van der Waals surface area (Å²) in [6, 6.07) is 14.7. The van der Waals surface area contributed by atoms with Crippen molar-refractivity contribution < 1.29 is 9.47 Å². The molecule has 0 unspecified atom stereocenters. The molecule has 0 radical (unpaired) electrons. The van der Waals surface area contributed by atoms with Crippen molar-refractivity contribution in [2.24, 2.45) is 5.92 Å². The van der Waals surface area contributed by atoms with Gasteiger partial charge in [0.25, 0.3) is 0 Å². The van der Waals surface area contributed by atoms with Crippen molar-refractivity contribution in [3.8, 4) is 22.9 Å². The molecule has 3 aromatic rings. The number of anilines is 1. The van der Waals surface area contributed by atoms with Crippen molar-refractivity contribution in [2.45, 2.75) is 25.7 Å². The van der Waals surface area contributed by atoms with Crippen LogP contribution in [0, 0.1) is 5.92 Å². The number of imidazole rings is 1. The van der Waals surface area contributed by atoms with Crippen LogP contribution < -0.4 is 14.8 Å². The zero-order valence-corrected chi connectivity index (χ0v) is 19.1. The van der Waals surface area contributed by atoms with Crippen molar-refractivity contribution in [1.29, 1.82) is 0 Å². The number of nitrogens with zero attached hydrogens (tertiary/aromatic N) is 2. The molecule has 6 heteroatoms. The Morgan fingerprint density at radius 3 is 2.50 bits per heavy atom. The van der Waals surface area contributed by atoms with E-state index in [9.17, 15) is 0 Å². The Morgan fingerprint density at radius 2 is 1.81 bits per heavy atom. The van der Waals surface area contributed by atoms with Crippen molar-refractivity contribution >= 4 is 5.69 Å². The lowest BCUT2D eigenvalue weighted by molar-refractivity contribution is 0.183. The van der Waals surface area contributed by atoms with E-state index >= 15 is 0 Å². The standard InChI is InChI=1S/C26H34N4O2/c1-31-24-8-3-21(19-25(24)32-2)12-18-30-16-10-20(11-17-30)9-13-27-23-6-4-22(5-7-23)26-28-14-15-29-26/h3-8,14-15,19-20,27H,9-13,16-18H2,1-2H3,(H,28,29). The number of hydrogen-bond acceptors (Lipinski definition) is 5. The minimum absolute atomic E-state index is 0.791. The van der Waals surface area contributed by atoms with E-state index in [1.165, 1.54) is 43.6 Å². The first-order chi connectivity index (χ1) is 15.7. The first kappa shape index (κ1) is 22.2. The Hall–Kier alpha value is -2.99. The van der Waals surface area contributed by atoms with E-state index in [1.54, 1.807) is 20.4 Å². The highest BCUT2D eigenvalue weighted by Gasteiger charge is 2.19. The molecule has 2 aromatic carbocycles. The molecule has 1 aliphatic rings. The van der Waals surface area contributed by atoms with E-state index < -0.39 is 0 Å². The second-order valence-electron chi connectivity index (χ2n) is 8.45. The third-order valence-corrected chi connectivity index (χ3v) is 6.41. The van der Waals surface area contributed by atoms with Crippen LogP contribution in [0.5, 0.6) is 11.5 Å². The molecule has 0 spiro atoms. The summed E-state index contributed by atoms with van der Waals surface area (Å²) in [5, 5.41) is 3.58. The molecule has 170 valence electrons. The maximum atomic E-state index is 5.43. The Balaban J connectivity index is 1.15. The van der Waals surface area contributed by atoms with Gasteiger partial charge in [0.05, 0.1) is 14.2 Å². The summed E-state index contributed by atoms with van der Waals surface area (Å²) in [6.07, 6.45) is 8.46. The lowest BCUT2D eigenvalue weighted by atomic mass is 9.93. The highest BCUT2D eigenvalue weighted by molar-refractivity contribution is 5.59. The number of aromatic amines is 1. The highest BCUT2D eigenvalue weighted by Crippen LogP contribution is 2.28. The van der Waals surface area contributed by atoms with E-state index in [0.717, 1.165) is 48.3 Å². The van der Waals surface area contributed by atoms with Gasteiger partial charge in [0.1, 0.15) is 5.82 Å². The van der Waals surface area contributed by atoms with Gasteiger partial charge >= 0.3 is 0 Å². The molecule has 1 fully saturated rings. The topological polar surface area (TPSA) is 62.4 Å². The third-order valence-electron chi connectivity index (χ3n) is 6.41. The van der Waals surface area contributed by atoms with Gasteiger partial charge in [-0.2, -0.15) is 0 Å². The monoisotopic (exact) mass is 434 g/mol. The molecule has 0 saturated carbocycles. The summed E-state index contributed by atoms with van der Waals surface area (Å²) < 4.78 is 10.8. The average molecular weight is 435 g/mol. The molecule has 0 amide bonds. The average Bonchev–Trinajstić information content (AvgIpc) is 3.39. The molecule has 32 heavy (non-hydrogen) atoms. The second kappa shape index (κ2) is 11.0. The summed E-state index contributed by atoms with van der Waals surface area (Å²) in [7, 11) is 3.37. The van der Waals surface area contributed by atoms with Crippen molar-refractivity contribution in [2.75, 3.05) is 45.7 Å². The van der Waals surface area contributed by atoms with Crippen LogP contribution in [-0.4, -0.2) is 55.3 Å². The molecule has 0 atom stereocenters. The summed E-state index contributed by atoms with van der Waals surface area (Å²) in [5.41, 5.74) is 3.58.